The van der Waals surface area contributed by atoms with Crippen LogP contribution in [0.1, 0.15) is 10.4 Å². The van der Waals surface area contributed by atoms with E-state index in [0.29, 0.717) is 30.1 Å². The Hall–Kier alpha value is -3.55. The van der Waals surface area contributed by atoms with Gasteiger partial charge in [0.05, 0.1) is 5.69 Å². The van der Waals surface area contributed by atoms with Crippen LogP contribution in [0.15, 0.2) is 48.5 Å². The molecule has 0 spiro atoms. The second-order valence-corrected chi connectivity index (χ2v) is 7.85. The van der Waals surface area contributed by atoms with E-state index < -0.39 is 0 Å². The molecule has 162 valence electrons. The Labute approximate surface area is 181 Å². The van der Waals surface area contributed by atoms with Gasteiger partial charge in [-0.15, -0.1) is 0 Å². The van der Waals surface area contributed by atoms with Crippen molar-refractivity contribution in [1.29, 1.82) is 0 Å². The second kappa shape index (κ2) is 8.67. The van der Waals surface area contributed by atoms with Gasteiger partial charge >= 0.3 is 0 Å². The molecule has 0 atom stereocenters. The third-order valence-corrected chi connectivity index (χ3v) is 5.63. The SMILES string of the molecule is CN(C)C(=O)CN1C(=O)COc2ccc(C(=O)N3CCN(c4ccccc4)CC3)cc21. The van der Waals surface area contributed by atoms with Gasteiger partial charge < -0.3 is 19.4 Å². The average molecular weight is 422 g/mol. The molecule has 1 fully saturated rings. The predicted molar refractivity (Wildman–Crippen MR) is 118 cm³/mol. The summed E-state index contributed by atoms with van der Waals surface area (Å²) in [6.07, 6.45) is 0. The van der Waals surface area contributed by atoms with Gasteiger partial charge in [0.25, 0.3) is 11.8 Å². The third-order valence-electron chi connectivity index (χ3n) is 5.63. The van der Waals surface area contributed by atoms with Crippen molar-refractivity contribution in [2.24, 2.45) is 0 Å². The fourth-order valence-electron chi connectivity index (χ4n) is 3.77. The summed E-state index contributed by atoms with van der Waals surface area (Å²) in [5.41, 5.74) is 2.09. The van der Waals surface area contributed by atoms with E-state index in [1.54, 1.807) is 32.3 Å². The number of piperazine rings is 1. The van der Waals surface area contributed by atoms with Gasteiger partial charge in [-0.3, -0.25) is 19.3 Å². The molecule has 0 saturated carbocycles. The molecule has 0 bridgehead atoms. The number of fused-ring (bicyclic) bond motifs is 1. The number of para-hydroxylation sites is 1. The van der Waals surface area contributed by atoms with Gasteiger partial charge in [0.2, 0.25) is 5.91 Å². The molecule has 3 amide bonds. The summed E-state index contributed by atoms with van der Waals surface area (Å²) >= 11 is 0. The number of likely N-dealkylation sites (N-methyl/N-ethyl adjacent to an activating group) is 1. The Morgan fingerprint density at radius 1 is 1.00 bits per heavy atom. The summed E-state index contributed by atoms with van der Waals surface area (Å²) in [6.45, 7) is 2.53. The van der Waals surface area contributed by atoms with Gasteiger partial charge in [-0.05, 0) is 30.3 Å². The summed E-state index contributed by atoms with van der Waals surface area (Å²) in [7, 11) is 3.28. The fourth-order valence-corrected chi connectivity index (χ4v) is 3.77. The lowest BCUT2D eigenvalue weighted by molar-refractivity contribution is -0.130. The number of anilines is 2. The third kappa shape index (κ3) is 4.33. The Bertz CT molecular complexity index is 984. The first-order valence-corrected chi connectivity index (χ1v) is 10.3. The van der Waals surface area contributed by atoms with Crippen molar-refractivity contribution in [1.82, 2.24) is 9.80 Å². The maximum Gasteiger partial charge on any atom is 0.265 e. The minimum absolute atomic E-state index is 0.0877. The Balaban J connectivity index is 1.49. The molecule has 0 aliphatic carbocycles. The molecule has 2 aliphatic rings. The zero-order chi connectivity index (χ0) is 22.0. The lowest BCUT2D eigenvalue weighted by atomic mass is 10.1. The van der Waals surface area contributed by atoms with Crippen molar-refractivity contribution in [3.8, 4) is 5.75 Å². The van der Waals surface area contributed by atoms with Crippen LogP contribution in [0, 0.1) is 0 Å². The molecular formula is C23H26N4O4. The van der Waals surface area contributed by atoms with E-state index in [0.717, 1.165) is 18.8 Å². The van der Waals surface area contributed by atoms with Crippen LogP contribution in [-0.4, -0.2) is 80.9 Å². The first kappa shape index (κ1) is 20.7. The molecule has 0 N–H and O–H groups in total. The van der Waals surface area contributed by atoms with Crippen molar-refractivity contribution in [3.63, 3.8) is 0 Å². The minimum Gasteiger partial charge on any atom is -0.482 e. The number of carbonyl (C=O) groups excluding carboxylic acids is 3. The van der Waals surface area contributed by atoms with Crippen molar-refractivity contribution in [2.75, 3.05) is 63.2 Å². The molecule has 1 saturated heterocycles. The summed E-state index contributed by atoms with van der Waals surface area (Å²) in [6, 6.07) is 15.2. The molecule has 0 radical (unpaired) electrons. The molecule has 2 aromatic carbocycles. The van der Waals surface area contributed by atoms with Crippen LogP contribution in [0.2, 0.25) is 0 Å². The normalized spacial score (nSPS) is 15.9. The lowest BCUT2D eigenvalue weighted by Gasteiger charge is -2.36. The zero-order valence-electron chi connectivity index (χ0n) is 17.8. The summed E-state index contributed by atoms with van der Waals surface area (Å²) in [5.74, 6) is -0.0947. The van der Waals surface area contributed by atoms with Crippen LogP contribution in [0.25, 0.3) is 0 Å². The van der Waals surface area contributed by atoms with Crippen molar-refractivity contribution in [3.05, 3.63) is 54.1 Å². The smallest absolute Gasteiger partial charge is 0.265 e. The van der Waals surface area contributed by atoms with Crippen molar-refractivity contribution in [2.45, 2.75) is 0 Å². The quantitative estimate of drug-likeness (QED) is 0.746. The molecule has 8 nitrogen and oxygen atoms in total. The van der Waals surface area contributed by atoms with Gasteiger partial charge in [0.1, 0.15) is 12.3 Å². The summed E-state index contributed by atoms with van der Waals surface area (Å²) in [4.78, 5) is 44.6. The maximum absolute atomic E-state index is 13.1. The number of ether oxygens (including phenoxy) is 1. The van der Waals surface area contributed by atoms with E-state index in [9.17, 15) is 14.4 Å². The molecule has 31 heavy (non-hydrogen) atoms. The number of amides is 3. The Morgan fingerprint density at radius 3 is 2.39 bits per heavy atom. The molecular weight excluding hydrogens is 396 g/mol. The van der Waals surface area contributed by atoms with Crippen LogP contribution in [0.4, 0.5) is 11.4 Å². The van der Waals surface area contributed by atoms with E-state index in [1.807, 2.05) is 23.1 Å². The number of carbonyl (C=O) groups is 3. The van der Waals surface area contributed by atoms with E-state index in [1.165, 1.54) is 9.80 Å². The van der Waals surface area contributed by atoms with Crippen LogP contribution in [0.5, 0.6) is 5.75 Å². The lowest BCUT2D eigenvalue weighted by Crippen LogP contribution is -2.49. The van der Waals surface area contributed by atoms with E-state index in [2.05, 4.69) is 17.0 Å². The first-order valence-electron chi connectivity index (χ1n) is 10.3. The van der Waals surface area contributed by atoms with Crippen LogP contribution >= 0.6 is 0 Å². The molecule has 2 aliphatic heterocycles. The topological polar surface area (TPSA) is 73.4 Å². The summed E-state index contributed by atoms with van der Waals surface area (Å²) in [5, 5.41) is 0. The van der Waals surface area contributed by atoms with Crippen molar-refractivity contribution < 1.29 is 19.1 Å². The summed E-state index contributed by atoms with van der Waals surface area (Å²) < 4.78 is 5.50. The van der Waals surface area contributed by atoms with Crippen LogP contribution < -0.4 is 14.5 Å². The highest BCUT2D eigenvalue weighted by Gasteiger charge is 2.30. The van der Waals surface area contributed by atoms with Crippen LogP contribution in [0.3, 0.4) is 0 Å². The number of nitrogens with zero attached hydrogens (tertiary/aromatic N) is 4. The largest absolute Gasteiger partial charge is 0.482 e. The van der Waals surface area contributed by atoms with Gasteiger partial charge in [-0.25, -0.2) is 0 Å². The molecule has 2 heterocycles. The van der Waals surface area contributed by atoms with Gasteiger partial charge in [-0.1, -0.05) is 18.2 Å². The molecule has 4 rings (SSSR count). The number of hydrogen-bond donors (Lipinski definition) is 0. The molecule has 0 unspecified atom stereocenters. The molecule has 0 aromatic heterocycles. The fraction of sp³-hybridized carbons (Fsp3) is 0.348. The van der Waals surface area contributed by atoms with Crippen LogP contribution in [-0.2, 0) is 9.59 Å². The zero-order valence-corrected chi connectivity index (χ0v) is 17.8. The highest BCUT2D eigenvalue weighted by Crippen LogP contribution is 2.33. The highest BCUT2D eigenvalue weighted by atomic mass is 16.5. The van der Waals surface area contributed by atoms with E-state index in [4.69, 9.17) is 4.74 Å². The standard InChI is InChI=1S/C23H26N4O4/c1-24(2)21(28)15-27-19-14-17(8-9-20(19)31-16-22(27)29)23(30)26-12-10-25(11-13-26)18-6-4-3-5-7-18/h3-9,14H,10-13,15-16H2,1-2H3. The minimum atomic E-state index is -0.302. The first-order chi connectivity index (χ1) is 14.9. The molecule has 2 aromatic rings. The van der Waals surface area contributed by atoms with Gasteiger partial charge in [0.15, 0.2) is 6.61 Å². The van der Waals surface area contributed by atoms with Gasteiger partial charge in [-0.2, -0.15) is 0 Å². The predicted octanol–water partition coefficient (Wildman–Crippen LogP) is 1.46. The number of benzene rings is 2. The maximum atomic E-state index is 13.1. The number of rotatable bonds is 4. The van der Waals surface area contributed by atoms with Crippen molar-refractivity contribution >= 4 is 29.1 Å². The van der Waals surface area contributed by atoms with E-state index in [-0.39, 0.29) is 30.9 Å². The Kier molecular flexibility index (Phi) is 5.79. The monoisotopic (exact) mass is 422 g/mol. The average Bonchev–Trinajstić information content (AvgIpc) is 2.80. The van der Waals surface area contributed by atoms with E-state index >= 15 is 0 Å². The second-order valence-electron chi connectivity index (χ2n) is 7.85. The Morgan fingerprint density at radius 2 is 1.71 bits per heavy atom. The highest BCUT2D eigenvalue weighted by molar-refractivity contribution is 6.04. The number of hydrogen-bond acceptors (Lipinski definition) is 5. The molecule has 8 heteroatoms. The van der Waals surface area contributed by atoms with Gasteiger partial charge in [0, 0.05) is 51.5 Å².